The number of anilines is 2. The van der Waals surface area contributed by atoms with Crippen molar-refractivity contribution in [3.05, 3.63) is 59.2 Å². The number of fused-ring (bicyclic) bond motifs is 1. The lowest BCUT2D eigenvalue weighted by Crippen LogP contribution is -2.18. The summed E-state index contributed by atoms with van der Waals surface area (Å²) in [6, 6.07) is 14.3. The van der Waals surface area contributed by atoms with Gasteiger partial charge in [-0.1, -0.05) is 29.8 Å². The molecule has 0 spiro atoms. The highest BCUT2D eigenvalue weighted by Crippen LogP contribution is 2.33. The van der Waals surface area contributed by atoms with Crippen molar-refractivity contribution in [3.63, 3.8) is 0 Å². The maximum atomic E-state index is 11.2. The zero-order valence-corrected chi connectivity index (χ0v) is 13.6. The molecule has 116 valence electrons. The average molecular weight is 316 g/mol. The quantitative estimate of drug-likeness (QED) is 0.911. The third kappa shape index (κ3) is 3.42. The van der Waals surface area contributed by atoms with Crippen LogP contribution in [0.4, 0.5) is 11.4 Å². The van der Waals surface area contributed by atoms with Crippen LogP contribution >= 0.6 is 0 Å². The van der Waals surface area contributed by atoms with Crippen LogP contribution in [0.1, 0.15) is 29.2 Å². The van der Waals surface area contributed by atoms with Gasteiger partial charge in [0.05, 0.1) is 12.3 Å². The first-order chi connectivity index (χ1) is 10.4. The van der Waals surface area contributed by atoms with Crippen LogP contribution in [-0.4, -0.2) is 14.7 Å². The minimum Gasteiger partial charge on any atom is -0.378 e. The average Bonchev–Trinajstić information content (AvgIpc) is 2.46. The molecule has 5 heteroatoms. The Morgan fingerprint density at radius 1 is 1.14 bits per heavy atom. The molecule has 0 saturated heterocycles. The molecule has 0 radical (unpaired) electrons. The monoisotopic (exact) mass is 316 g/mol. The fourth-order valence-corrected chi connectivity index (χ4v) is 3.44. The Hall–Kier alpha value is -2.01. The molecule has 3 rings (SSSR count). The molecule has 0 amide bonds. The van der Waals surface area contributed by atoms with Gasteiger partial charge in [0.2, 0.25) is 10.0 Å². The minimum atomic E-state index is -3.22. The molecular formula is C17H20N2O2S. The largest absolute Gasteiger partial charge is 0.378 e. The normalized spacial score (nSPS) is 17.5. The number of hydrogen-bond acceptors (Lipinski definition) is 3. The van der Waals surface area contributed by atoms with E-state index in [1.807, 2.05) is 24.3 Å². The van der Waals surface area contributed by atoms with E-state index in [0.717, 1.165) is 19.1 Å². The Bertz CT molecular complexity index is 783. The molecule has 4 nitrogen and oxygen atoms in total. The zero-order chi connectivity index (χ0) is 15.7. The maximum Gasteiger partial charge on any atom is 0.229 e. The first-order valence-electron chi connectivity index (χ1n) is 7.34. The summed E-state index contributed by atoms with van der Waals surface area (Å²) in [5.74, 6) is 0. The molecule has 1 aliphatic rings. The van der Waals surface area contributed by atoms with Crippen molar-refractivity contribution >= 4 is 21.4 Å². The highest BCUT2D eigenvalue weighted by molar-refractivity contribution is 7.92. The van der Waals surface area contributed by atoms with Crippen LogP contribution in [0.3, 0.4) is 0 Å². The number of sulfonamides is 1. The predicted octanol–water partition coefficient (Wildman–Crippen LogP) is 3.47. The van der Waals surface area contributed by atoms with Crippen molar-refractivity contribution in [2.75, 3.05) is 16.3 Å². The number of hydrogen-bond donors (Lipinski definition) is 2. The lowest BCUT2D eigenvalue weighted by atomic mass is 9.92. The third-order valence-corrected chi connectivity index (χ3v) is 4.52. The van der Waals surface area contributed by atoms with Crippen molar-refractivity contribution in [2.45, 2.75) is 25.8 Å². The van der Waals surface area contributed by atoms with Gasteiger partial charge in [0, 0.05) is 11.4 Å². The highest BCUT2D eigenvalue weighted by Gasteiger charge is 2.19. The van der Waals surface area contributed by atoms with Crippen LogP contribution in [-0.2, 0) is 16.4 Å². The van der Waals surface area contributed by atoms with Gasteiger partial charge in [-0.15, -0.1) is 0 Å². The Kier molecular flexibility index (Phi) is 3.83. The molecule has 0 aromatic heterocycles. The molecule has 22 heavy (non-hydrogen) atoms. The smallest absolute Gasteiger partial charge is 0.229 e. The third-order valence-electron chi connectivity index (χ3n) is 3.91. The van der Waals surface area contributed by atoms with Crippen LogP contribution in [0.5, 0.6) is 0 Å². The Morgan fingerprint density at radius 3 is 2.55 bits per heavy atom. The summed E-state index contributed by atoms with van der Waals surface area (Å²) in [4.78, 5) is 0. The summed E-state index contributed by atoms with van der Waals surface area (Å²) in [6.07, 6.45) is 3.25. The van der Waals surface area contributed by atoms with Gasteiger partial charge in [-0.05, 0) is 49.1 Å². The minimum absolute atomic E-state index is 0.266. The molecule has 1 heterocycles. The lowest BCUT2D eigenvalue weighted by molar-refractivity contribution is 0.607. The van der Waals surface area contributed by atoms with Crippen LogP contribution < -0.4 is 10.0 Å². The molecule has 1 atom stereocenters. The molecule has 0 bridgehead atoms. The predicted molar refractivity (Wildman–Crippen MR) is 90.8 cm³/mol. The van der Waals surface area contributed by atoms with Gasteiger partial charge < -0.3 is 5.32 Å². The van der Waals surface area contributed by atoms with Gasteiger partial charge in [-0.3, -0.25) is 4.72 Å². The van der Waals surface area contributed by atoms with Crippen molar-refractivity contribution in [1.82, 2.24) is 0 Å². The first-order valence-corrected chi connectivity index (χ1v) is 9.24. The summed E-state index contributed by atoms with van der Waals surface area (Å²) in [7, 11) is -3.22. The van der Waals surface area contributed by atoms with E-state index in [4.69, 9.17) is 0 Å². The summed E-state index contributed by atoms with van der Waals surface area (Å²) >= 11 is 0. The Balaban J connectivity index is 1.77. The van der Waals surface area contributed by atoms with Crippen LogP contribution in [0.15, 0.2) is 42.5 Å². The van der Waals surface area contributed by atoms with E-state index in [1.165, 1.54) is 22.4 Å². The van der Waals surface area contributed by atoms with E-state index in [0.29, 0.717) is 5.69 Å². The van der Waals surface area contributed by atoms with Gasteiger partial charge in [0.25, 0.3) is 0 Å². The molecular weight excluding hydrogens is 296 g/mol. The molecule has 1 aliphatic heterocycles. The van der Waals surface area contributed by atoms with E-state index >= 15 is 0 Å². The SMILES string of the molecule is Cc1ccc2c(c1)CCC(c1ccc(NS(C)(=O)=O)cc1)N2. The van der Waals surface area contributed by atoms with Gasteiger partial charge >= 0.3 is 0 Å². The number of rotatable bonds is 3. The highest BCUT2D eigenvalue weighted by atomic mass is 32.2. The summed E-state index contributed by atoms with van der Waals surface area (Å²) in [5, 5.41) is 3.57. The molecule has 0 aliphatic carbocycles. The van der Waals surface area contributed by atoms with Crippen molar-refractivity contribution in [1.29, 1.82) is 0 Å². The van der Waals surface area contributed by atoms with E-state index in [-0.39, 0.29) is 6.04 Å². The van der Waals surface area contributed by atoms with Crippen LogP contribution in [0, 0.1) is 6.92 Å². The first kappa shape index (κ1) is 14.9. The molecule has 2 aromatic rings. The number of benzene rings is 2. The number of nitrogens with one attached hydrogen (secondary N) is 2. The van der Waals surface area contributed by atoms with Gasteiger partial charge in [0.15, 0.2) is 0 Å². The fourth-order valence-electron chi connectivity index (χ4n) is 2.88. The van der Waals surface area contributed by atoms with Gasteiger partial charge in [-0.25, -0.2) is 8.42 Å². The summed E-state index contributed by atoms with van der Waals surface area (Å²) < 4.78 is 24.9. The second-order valence-corrected chi connectivity index (χ2v) is 7.64. The molecule has 1 unspecified atom stereocenters. The van der Waals surface area contributed by atoms with E-state index < -0.39 is 10.0 Å². The van der Waals surface area contributed by atoms with E-state index in [2.05, 4.69) is 35.2 Å². The maximum absolute atomic E-state index is 11.2. The Labute approximate surface area is 131 Å². The molecule has 2 N–H and O–H groups in total. The van der Waals surface area contributed by atoms with Crippen molar-refractivity contribution in [2.24, 2.45) is 0 Å². The number of aryl methyl sites for hydroxylation is 2. The van der Waals surface area contributed by atoms with Crippen LogP contribution in [0.25, 0.3) is 0 Å². The van der Waals surface area contributed by atoms with Crippen LogP contribution in [0.2, 0.25) is 0 Å². The second-order valence-electron chi connectivity index (χ2n) is 5.89. The van der Waals surface area contributed by atoms with E-state index in [1.54, 1.807) is 0 Å². The van der Waals surface area contributed by atoms with Gasteiger partial charge in [0.1, 0.15) is 0 Å². The second kappa shape index (κ2) is 5.65. The summed E-state index contributed by atoms with van der Waals surface area (Å²) in [6.45, 7) is 2.11. The topological polar surface area (TPSA) is 58.2 Å². The molecule has 0 fully saturated rings. The molecule has 0 saturated carbocycles. The lowest BCUT2D eigenvalue weighted by Gasteiger charge is -2.28. The van der Waals surface area contributed by atoms with Crippen molar-refractivity contribution < 1.29 is 8.42 Å². The Morgan fingerprint density at radius 2 is 1.86 bits per heavy atom. The van der Waals surface area contributed by atoms with Crippen molar-refractivity contribution in [3.8, 4) is 0 Å². The summed E-state index contributed by atoms with van der Waals surface area (Å²) in [5.41, 5.74) is 5.62. The zero-order valence-electron chi connectivity index (χ0n) is 12.8. The fraction of sp³-hybridized carbons (Fsp3) is 0.294. The standard InChI is InChI=1S/C17H20N2O2S/c1-12-3-9-17-14(11-12)6-10-16(18-17)13-4-7-15(8-5-13)19-22(2,20)21/h3-5,7-9,11,16,18-19H,6,10H2,1-2H3. The molecule has 2 aromatic carbocycles. The van der Waals surface area contributed by atoms with E-state index in [9.17, 15) is 8.42 Å². The van der Waals surface area contributed by atoms with Gasteiger partial charge in [-0.2, -0.15) is 0 Å².